The Bertz CT molecular complexity index is 811. The quantitative estimate of drug-likeness (QED) is 0.452. The molecule has 0 spiro atoms. The van der Waals surface area contributed by atoms with E-state index in [1.165, 1.54) is 39.0 Å². The minimum Gasteiger partial charge on any atom is -0.496 e. The lowest BCUT2D eigenvalue weighted by Crippen LogP contribution is -2.15. The first-order valence-electron chi connectivity index (χ1n) is 9.13. The van der Waals surface area contributed by atoms with Gasteiger partial charge in [-0.2, -0.15) is 0 Å². The van der Waals surface area contributed by atoms with Gasteiger partial charge in [-0.05, 0) is 18.4 Å². The third-order valence-electron chi connectivity index (χ3n) is 4.35. The van der Waals surface area contributed by atoms with Gasteiger partial charge in [-0.15, -0.1) is 0 Å². The first kappa shape index (κ1) is 21.3. The summed E-state index contributed by atoms with van der Waals surface area (Å²) in [4.78, 5) is 24.8. The van der Waals surface area contributed by atoms with Gasteiger partial charge in [0, 0.05) is 17.7 Å². The number of rotatable bonds is 10. The van der Waals surface area contributed by atoms with Crippen LogP contribution in [0.2, 0.25) is 0 Å². The van der Waals surface area contributed by atoms with Gasteiger partial charge in [0.05, 0.1) is 21.3 Å². The maximum atomic E-state index is 12.4. The zero-order valence-corrected chi connectivity index (χ0v) is 16.7. The molecule has 6 heteroatoms. The molecule has 0 bridgehead atoms. The van der Waals surface area contributed by atoms with Gasteiger partial charge in [-0.25, -0.2) is 4.79 Å². The average molecular weight is 386 g/mol. The fraction of sp³-hybridized carbons (Fsp3) is 0.364. The Morgan fingerprint density at radius 1 is 0.857 bits per heavy atom. The average Bonchev–Trinajstić information content (AvgIpc) is 2.74. The summed E-state index contributed by atoms with van der Waals surface area (Å²) in [5.74, 6) is 0.121. The molecule has 2 rings (SSSR count). The molecule has 0 aromatic heterocycles. The normalized spacial score (nSPS) is 10.3. The smallest absolute Gasteiger partial charge is 0.342 e. The standard InChI is InChI=1S/C22H26O6/c1-5-6-7-15-8-10-16(11-9-15)18(23)14-28-22(24)17-12-20(26-3)21(27-4)13-19(17)25-2/h8-13H,5-7,14H2,1-4H3. The van der Waals surface area contributed by atoms with Crippen LogP contribution in [0.1, 0.15) is 46.0 Å². The Kier molecular flexibility index (Phi) is 7.87. The maximum absolute atomic E-state index is 12.4. The van der Waals surface area contributed by atoms with Crippen LogP contribution in [0, 0.1) is 0 Å². The number of unbranched alkanes of at least 4 members (excludes halogenated alkanes) is 1. The molecule has 2 aromatic rings. The summed E-state index contributed by atoms with van der Waals surface area (Å²) >= 11 is 0. The second-order valence-electron chi connectivity index (χ2n) is 6.21. The minimum absolute atomic E-state index is 0.155. The zero-order valence-electron chi connectivity index (χ0n) is 16.7. The van der Waals surface area contributed by atoms with E-state index < -0.39 is 5.97 Å². The third-order valence-corrected chi connectivity index (χ3v) is 4.35. The van der Waals surface area contributed by atoms with Crippen molar-refractivity contribution in [3.05, 3.63) is 53.1 Å². The van der Waals surface area contributed by atoms with Crippen molar-refractivity contribution in [2.75, 3.05) is 27.9 Å². The van der Waals surface area contributed by atoms with Crippen molar-refractivity contribution in [3.63, 3.8) is 0 Å². The van der Waals surface area contributed by atoms with E-state index in [1.807, 2.05) is 12.1 Å². The van der Waals surface area contributed by atoms with E-state index in [9.17, 15) is 9.59 Å². The molecule has 0 aliphatic rings. The largest absolute Gasteiger partial charge is 0.496 e. The predicted molar refractivity (Wildman–Crippen MR) is 106 cm³/mol. The van der Waals surface area contributed by atoms with Crippen LogP contribution >= 0.6 is 0 Å². The fourth-order valence-corrected chi connectivity index (χ4v) is 2.72. The van der Waals surface area contributed by atoms with E-state index in [-0.39, 0.29) is 23.7 Å². The summed E-state index contributed by atoms with van der Waals surface area (Å²) < 4.78 is 20.8. The van der Waals surface area contributed by atoms with Gasteiger partial charge in [-0.3, -0.25) is 4.79 Å². The van der Waals surface area contributed by atoms with Gasteiger partial charge in [-0.1, -0.05) is 37.6 Å². The van der Waals surface area contributed by atoms with E-state index in [1.54, 1.807) is 12.1 Å². The van der Waals surface area contributed by atoms with Crippen LogP contribution in [0.5, 0.6) is 17.2 Å². The van der Waals surface area contributed by atoms with Crippen LogP contribution in [-0.4, -0.2) is 39.7 Å². The SMILES string of the molecule is CCCCc1ccc(C(=O)COC(=O)c2cc(OC)c(OC)cc2OC)cc1. The molecule has 0 N–H and O–H groups in total. The summed E-state index contributed by atoms with van der Waals surface area (Å²) in [6, 6.07) is 10.4. The molecular weight excluding hydrogens is 360 g/mol. The lowest BCUT2D eigenvalue weighted by Gasteiger charge is -2.13. The topological polar surface area (TPSA) is 71.1 Å². The molecule has 0 fully saturated rings. The van der Waals surface area contributed by atoms with E-state index in [0.717, 1.165) is 19.3 Å². The van der Waals surface area contributed by atoms with Crippen molar-refractivity contribution in [1.82, 2.24) is 0 Å². The van der Waals surface area contributed by atoms with Gasteiger partial charge >= 0.3 is 5.97 Å². The number of ketones is 1. The molecule has 0 atom stereocenters. The number of benzene rings is 2. The van der Waals surface area contributed by atoms with E-state index in [2.05, 4.69) is 6.92 Å². The summed E-state index contributed by atoms with van der Waals surface area (Å²) in [5.41, 5.74) is 1.85. The van der Waals surface area contributed by atoms with Crippen LogP contribution in [0.3, 0.4) is 0 Å². The van der Waals surface area contributed by atoms with Crippen LogP contribution in [0.4, 0.5) is 0 Å². The first-order chi connectivity index (χ1) is 13.5. The number of hydrogen-bond acceptors (Lipinski definition) is 6. The monoisotopic (exact) mass is 386 g/mol. The van der Waals surface area contributed by atoms with Crippen molar-refractivity contribution >= 4 is 11.8 Å². The highest BCUT2D eigenvalue weighted by Crippen LogP contribution is 2.34. The molecule has 0 aliphatic carbocycles. The van der Waals surface area contributed by atoms with Crippen LogP contribution in [-0.2, 0) is 11.2 Å². The lowest BCUT2D eigenvalue weighted by atomic mass is 10.0. The second kappa shape index (κ2) is 10.3. The molecular formula is C22H26O6. The fourth-order valence-electron chi connectivity index (χ4n) is 2.72. The highest BCUT2D eigenvalue weighted by Gasteiger charge is 2.20. The van der Waals surface area contributed by atoms with Crippen molar-refractivity contribution in [2.45, 2.75) is 26.2 Å². The Labute approximate surface area is 165 Å². The minimum atomic E-state index is -0.675. The number of Topliss-reactive ketones (excluding diaryl/α,β-unsaturated/α-hetero) is 1. The summed E-state index contributed by atoms with van der Waals surface area (Å²) in [6.07, 6.45) is 3.22. The molecule has 0 aliphatic heterocycles. The van der Waals surface area contributed by atoms with E-state index >= 15 is 0 Å². The third kappa shape index (κ3) is 5.25. The molecule has 2 aromatic carbocycles. The highest BCUT2D eigenvalue weighted by atomic mass is 16.5. The van der Waals surface area contributed by atoms with E-state index in [4.69, 9.17) is 18.9 Å². The molecule has 6 nitrogen and oxygen atoms in total. The Hall–Kier alpha value is -3.02. The molecule has 0 unspecified atom stereocenters. The summed E-state index contributed by atoms with van der Waals surface area (Å²) in [5, 5.41) is 0. The number of carbonyl (C=O) groups excluding carboxylic acids is 2. The predicted octanol–water partition coefficient (Wildman–Crippen LogP) is 4.09. The van der Waals surface area contributed by atoms with Gasteiger partial charge in [0.15, 0.2) is 23.9 Å². The molecule has 0 radical (unpaired) electrons. The van der Waals surface area contributed by atoms with Gasteiger partial charge in [0.2, 0.25) is 0 Å². The Balaban J connectivity index is 2.06. The lowest BCUT2D eigenvalue weighted by molar-refractivity contribution is 0.0471. The van der Waals surface area contributed by atoms with Gasteiger partial charge in [0.25, 0.3) is 0 Å². The number of aryl methyl sites for hydroxylation is 1. The van der Waals surface area contributed by atoms with Crippen molar-refractivity contribution in [3.8, 4) is 17.2 Å². The van der Waals surface area contributed by atoms with Crippen molar-refractivity contribution in [2.24, 2.45) is 0 Å². The van der Waals surface area contributed by atoms with Gasteiger partial charge in [0.1, 0.15) is 11.3 Å². The number of carbonyl (C=O) groups is 2. The number of methoxy groups -OCH3 is 3. The van der Waals surface area contributed by atoms with Crippen molar-refractivity contribution < 1.29 is 28.5 Å². The van der Waals surface area contributed by atoms with E-state index in [0.29, 0.717) is 17.1 Å². The van der Waals surface area contributed by atoms with Crippen LogP contribution < -0.4 is 14.2 Å². The zero-order chi connectivity index (χ0) is 20.5. The van der Waals surface area contributed by atoms with Gasteiger partial charge < -0.3 is 18.9 Å². The molecule has 28 heavy (non-hydrogen) atoms. The van der Waals surface area contributed by atoms with Crippen LogP contribution in [0.25, 0.3) is 0 Å². The highest BCUT2D eigenvalue weighted by molar-refractivity contribution is 6.00. The molecule has 0 amide bonds. The number of esters is 1. The number of ether oxygens (including phenoxy) is 4. The summed E-state index contributed by atoms with van der Waals surface area (Å²) in [6.45, 7) is 1.78. The molecule has 0 heterocycles. The maximum Gasteiger partial charge on any atom is 0.342 e. The second-order valence-corrected chi connectivity index (χ2v) is 6.21. The molecule has 0 saturated carbocycles. The molecule has 0 saturated heterocycles. The Morgan fingerprint density at radius 3 is 2.04 bits per heavy atom. The van der Waals surface area contributed by atoms with Crippen molar-refractivity contribution in [1.29, 1.82) is 0 Å². The molecule has 150 valence electrons. The van der Waals surface area contributed by atoms with Crippen LogP contribution in [0.15, 0.2) is 36.4 Å². The number of hydrogen-bond donors (Lipinski definition) is 0. The first-order valence-corrected chi connectivity index (χ1v) is 9.13. The Morgan fingerprint density at radius 2 is 1.46 bits per heavy atom. The summed E-state index contributed by atoms with van der Waals surface area (Å²) in [7, 11) is 4.39.